The summed E-state index contributed by atoms with van der Waals surface area (Å²) in [7, 11) is 0. The lowest BCUT2D eigenvalue weighted by molar-refractivity contribution is 0.0702. The Morgan fingerprint density at radius 2 is 2.25 bits per heavy atom. The van der Waals surface area contributed by atoms with E-state index in [-0.39, 0.29) is 4.75 Å². The predicted octanol–water partition coefficient (Wildman–Crippen LogP) is 2.68. The van der Waals surface area contributed by atoms with E-state index in [4.69, 9.17) is 5.11 Å². The molecule has 16 heavy (non-hydrogen) atoms. The Morgan fingerprint density at radius 3 is 2.75 bits per heavy atom. The van der Waals surface area contributed by atoms with Gasteiger partial charge in [0, 0.05) is 22.7 Å². The maximum Gasteiger partial charge on any atom is 0.345 e. The minimum Gasteiger partial charge on any atom is -0.477 e. The van der Waals surface area contributed by atoms with Crippen LogP contribution in [0.5, 0.6) is 0 Å². The average Bonchev–Trinajstić information content (AvgIpc) is 2.66. The third-order valence-corrected chi connectivity index (χ3v) is 4.60. The van der Waals surface area contributed by atoms with Crippen molar-refractivity contribution in [3.8, 4) is 0 Å². The summed E-state index contributed by atoms with van der Waals surface area (Å²) >= 11 is 3.15. The molecule has 0 bridgehead atoms. The van der Waals surface area contributed by atoms with Gasteiger partial charge in [-0.3, -0.25) is 0 Å². The van der Waals surface area contributed by atoms with E-state index in [9.17, 15) is 4.79 Å². The van der Waals surface area contributed by atoms with Gasteiger partial charge in [0.05, 0.1) is 0 Å². The number of carboxylic acids is 1. The minimum atomic E-state index is -0.847. The van der Waals surface area contributed by atoms with E-state index in [1.807, 2.05) is 17.8 Å². The van der Waals surface area contributed by atoms with Crippen molar-refractivity contribution in [2.75, 3.05) is 12.8 Å². The Morgan fingerprint density at radius 1 is 1.56 bits per heavy atom. The van der Waals surface area contributed by atoms with Crippen LogP contribution >= 0.6 is 23.1 Å². The molecule has 0 saturated carbocycles. The van der Waals surface area contributed by atoms with Crippen molar-refractivity contribution in [3.63, 3.8) is 0 Å². The van der Waals surface area contributed by atoms with Crippen LogP contribution in [-0.4, -0.2) is 28.6 Å². The first kappa shape index (κ1) is 13.5. The first-order valence-electron chi connectivity index (χ1n) is 5.02. The maximum absolute atomic E-state index is 10.7. The van der Waals surface area contributed by atoms with Crippen molar-refractivity contribution in [1.29, 1.82) is 0 Å². The second-order valence-electron chi connectivity index (χ2n) is 4.14. The number of nitrogens with one attached hydrogen (secondary N) is 1. The van der Waals surface area contributed by atoms with Crippen LogP contribution in [0.3, 0.4) is 0 Å². The van der Waals surface area contributed by atoms with Crippen LogP contribution < -0.4 is 5.32 Å². The Kier molecular flexibility index (Phi) is 4.83. The molecular weight excluding hydrogens is 242 g/mol. The zero-order valence-corrected chi connectivity index (χ0v) is 11.4. The second-order valence-corrected chi connectivity index (χ2v) is 6.82. The molecule has 1 rings (SSSR count). The van der Waals surface area contributed by atoms with Crippen molar-refractivity contribution >= 4 is 29.1 Å². The molecule has 0 amide bonds. The second kappa shape index (κ2) is 5.70. The van der Waals surface area contributed by atoms with Gasteiger partial charge < -0.3 is 10.4 Å². The summed E-state index contributed by atoms with van der Waals surface area (Å²) in [5, 5.41) is 12.1. The van der Waals surface area contributed by atoms with Crippen LogP contribution in [0.1, 0.15) is 28.4 Å². The highest BCUT2D eigenvalue weighted by molar-refractivity contribution is 7.99. The van der Waals surface area contributed by atoms with Gasteiger partial charge >= 0.3 is 5.97 Å². The SMILES string of the molecule is CSC(C)(C)CNCc1ccc(C(=O)O)s1. The summed E-state index contributed by atoms with van der Waals surface area (Å²) in [6.07, 6.45) is 2.09. The Bertz CT molecular complexity index is 361. The van der Waals surface area contributed by atoms with Gasteiger partial charge in [-0.25, -0.2) is 4.79 Å². The molecule has 0 aliphatic heterocycles. The third kappa shape index (κ3) is 4.15. The molecule has 0 saturated heterocycles. The topological polar surface area (TPSA) is 49.3 Å². The fraction of sp³-hybridized carbons (Fsp3) is 0.545. The highest BCUT2D eigenvalue weighted by Crippen LogP contribution is 2.20. The molecule has 0 aliphatic rings. The van der Waals surface area contributed by atoms with Crippen molar-refractivity contribution < 1.29 is 9.90 Å². The van der Waals surface area contributed by atoms with E-state index in [1.165, 1.54) is 11.3 Å². The van der Waals surface area contributed by atoms with E-state index < -0.39 is 5.97 Å². The van der Waals surface area contributed by atoms with E-state index in [2.05, 4.69) is 25.4 Å². The number of hydrogen-bond acceptors (Lipinski definition) is 4. The van der Waals surface area contributed by atoms with Gasteiger partial charge in [0.1, 0.15) is 4.88 Å². The predicted molar refractivity (Wildman–Crippen MR) is 70.6 cm³/mol. The normalized spacial score (nSPS) is 11.7. The lowest BCUT2D eigenvalue weighted by atomic mass is 10.2. The van der Waals surface area contributed by atoms with Crippen LogP contribution in [0, 0.1) is 0 Å². The number of thioether (sulfide) groups is 1. The molecule has 1 aromatic heterocycles. The first-order valence-corrected chi connectivity index (χ1v) is 7.06. The van der Waals surface area contributed by atoms with Crippen molar-refractivity contribution in [3.05, 3.63) is 21.9 Å². The van der Waals surface area contributed by atoms with Gasteiger partial charge in [-0.2, -0.15) is 11.8 Å². The van der Waals surface area contributed by atoms with Crippen LogP contribution in [0.2, 0.25) is 0 Å². The molecule has 0 spiro atoms. The molecular formula is C11H17NO2S2. The van der Waals surface area contributed by atoms with E-state index in [1.54, 1.807) is 6.07 Å². The number of carbonyl (C=O) groups is 1. The zero-order chi connectivity index (χ0) is 12.2. The number of thiophene rings is 1. The highest BCUT2D eigenvalue weighted by atomic mass is 32.2. The monoisotopic (exact) mass is 259 g/mol. The molecule has 90 valence electrons. The molecule has 1 heterocycles. The fourth-order valence-corrected chi connectivity index (χ4v) is 2.21. The molecule has 1 aromatic rings. The lowest BCUT2D eigenvalue weighted by Gasteiger charge is -2.22. The summed E-state index contributed by atoms with van der Waals surface area (Å²) in [5.41, 5.74) is 0. The standard InChI is InChI=1S/C11H17NO2S2/c1-11(2,15-3)7-12-6-8-4-5-9(16-8)10(13)14/h4-5,12H,6-7H2,1-3H3,(H,13,14). The number of hydrogen-bond donors (Lipinski definition) is 2. The van der Waals surface area contributed by atoms with Crippen molar-refractivity contribution in [1.82, 2.24) is 5.32 Å². The Balaban J connectivity index is 2.40. The van der Waals surface area contributed by atoms with E-state index in [0.717, 1.165) is 18.0 Å². The quantitative estimate of drug-likeness (QED) is 0.824. The summed E-state index contributed by atoms with van der Waals surface area (Å²) in [6, 6.07) is 3.52. The number of aromatic carboxylic acids is 1. The minimum absolute atomic E-state index is 0.215. The maximum atomic E-state index is 10.7. The van der Waals surface area contributed by atoms with Gasteiger partial charge in [-0.05, 0) is 32.2 Å². The largest absolute Gasteiger partial charge is 0.477 e. The summed E-state index contributed by atoms with van der Waals surface area (Å²) < 4.78 is 0.215. The summed E-state index contributed by atoms with van der Waals surface area (Å²) in [4.78, 5) is 12.1. The average molecular weight is 259 g/mol. The van der Waals surface area contributed by atoms with E-state index >= 15 is 0 Å². The molecule has 0 unspecified atom stereocenters. The molecule has 3 nitrogen and oxygen atoms in total. The zero-order valence-electron chi connectivity index (χ0n) is 9.74. The Hall–Kier alpha value is -0.520. The number of rotatable bonds is 6. The van der Waals surface area contributed by atoms with Gasteiger partial charge in [0.2, 0.25) is 0 Å². The van der Waals surface area contributed by atoms with E-state index in [0.29, 0.717) is 4.88 Å². The molecule has 5 heteroatoms. The number of carboxylic acid groups (broad SMARTS) is 1. The van der Waals surface area contributed by atoms with Gasteiger partial charge in [-0.15, -0.1) is 11.3 Å². The smallest absolute Gasteiger partial charge is 0.345 e. The first-order chi connectivity index (χ1) is 7.44. The van der Waals surface area contributed by atoms with Crippen molar-refractivity contribution in [2.45, 2.75) is 25.1 Å². The van der Waals surface area contributed by atoms with Crippen LogP contribution in [0.15, 0.2) is 12.1 Å². The molecule has 0 atom stereocenters. The highest BCUT2D eigenvalue weighted by Gasteiger charge is 2.15. The van der Waals surface area contributed by atoms with Gasteiger partial charge in [0.15, 0.2) is 0 Å². The van der Waals surface area contributed by atoms with Crippen LogP contribution in [-0.2, 0) is 6.54 Å². The molecule has 0 fully saturated rings. The summed E-state index contributed by atoms with van der Waals surface area (Å²) in [5.74, 6) is -0.847. The fourth-order valence-electron chi connectivity index (χ4n) is 1.15. The van der Waals surface area contributed by atoms with Crippen LogP contribution in [0.25, 0.3) is 0 Å². The van der Waals surface area contributed by atoms with Crippen LogP contribution in [0.4, 0.5) is 0 Å². The lowest BCUT2D eigenvalue weighted by Crippen LogP contribution is -2.31. The molecule has 2 N–H and O–H groups in total. The van der Waals surface area contributed by atoms with Crippen molar-refractivity contribution in [2.24, 2.45) is 0 Å². The molecule has 0 radical (unpaired) electrons. The third-order valence-electron chi connectivity index (χ3n) is 2.27. The van der Waals surface area contributed by atoms with Gasteiger partial charge in [0.25, 0.3) is 0 Å². The molecule has 0 aliphatic carbocycles. The summed E-state index contributed by atoms with van der Waals surface area (Å²) in [6.45, 7) is 6.01. The molecule has 0 aromatic carbocycles. The van der Waals surface area contributed by atoms with Gasteiger partial charge in [-0.1, -0.05) is 0 Å². The Labute approximate surface area is 104 Å².